The third kappa shape index (κ3) is 8.03. The number of ether oxygens (including phenoxy) is 2. The van der Waals surface area contributed by atoms with Gasteiger partial charge in [-0.1, -0.05) is 0 Å². The Balaban J connectivity index is 4.31. The predicted molar refractivity (Wildman–Crippen MR) is 59.9 cm³/mol. The van der Waals surface area contributed by atoms with Gasteiger partial charge in [0.2, 0.25) is 5.78 Å². The molecule has 0 radical (unpaired) electrons. The van der Waals surface area contributed by atoms with Crippen LogP contribution in [0.15, 0.2) is 0 Å². The van der Waals surface area contributed by atoms with E-state index in [2.05, 4.69) is 16.6 Å². The van der Waals surface area contributed by atoms with Gasteiger partial charge in [0, 0.05) is 12.8 Å². The molecule has 1 unspecified atom stereocenters. The van der Waals surface area contributed by atoms with Crippen LogP contribution in [-0.2, 0) is 23.9 Å². The normalized spacial score (nSPS) is 11.8. The van der Waals surface area contributed by atoms with Gasteiger partial charge in [-0.25, -0.2) is 9.59 Å². The van der Waals surface area contributed by atoms with Gasteiger partial charge in [-0.15, -0.1) is 0 Å². The molecule has 5 nitrogen and oxygen atoms in total. The molecule has 0 saturated heterocycles. The molecule has 94 valence electrons. The predicted octanol–water partition coefficient (Wildman–Crippen LogP) is 0.852. The van der Waals surface area contributed by atoms with E-state index in [0.717, 1.165) is 6.92 Å². The van der Waals surface area contributed by atoms with E-state index in [1.807, 2.05) is 0 Å². The average Bonchev–Trinajstić information content (AvgIpc) is 2.11. The first-order chi connectivity index (χ1) is 7.61. The van der Waals surface area contributed by atoms with Crippen LogP contribution in [0.25, 0.3) is 0 Å². The van der Waals surface area contributed by atoms with Crippen molar-refractivity contribution in [1.82, 2.24) is 0 Å². The highest BCUT2D eigenvalue weighted by Crippen LogP contribution is 2.06. The van der Waals surface area contributed by atoms with Gasteiger partial charge < -0.3 is 9.47 Å². The molecule has 0 bridgehead atoms. The van der Waals surface area contributed by atoms with Crippen LogP contribution in [0.2, 0.25) is 0 Å². The standard InChI is InChI=1S/C12H16O5/c1-8(16-11(15)9(2)13)6-7-10(14)17-12(3,4)5/h8H,1-5H3. The molecule has 0 fully saturated rings. The second-order valence-corrected chi connectivity index (χ2v) is 4.37. The van der Waals surface area contributed by atoms with Crippen molar-refractivity contribution in [3.8, 4) is 11.8 Å². The third-order valence-corrected chi connectivity index (χ3v) is 1.35. The van der Waals surface area contributed by atoms with Gasteiger partial charge in [-0.3, -0.25) is 4.79 Å². The molecular formula is C12H16O5. The maximum atomic E-state index is 11.2. The molecule has 0 rings (SSSR count). The van der Waals surface area contributed by atoms with E-state index in [1.54, 1.807) is 20.8 Å². The lowest BCUT2D eigenvalue weighted by molar-refractivity contribution is -0.154. The second-order valence-electron chi connectivity index (χ2n) is 4.37. The minimum atomic E-state index is -0.976. The van der Waals surface area contributed by atoms with Gasteiger partial charge in [-0.2, -0.15) is 0 Å². The molecule has 0 saturated carbocycles. The van der Waals surface area contributed by atoms with Crippen LogP contribution >= 0.6 is 0 Å². The van der Waals surface area contributed by atoms with Crippen molar-refractivity contribution >= 4 is 17.7 Å². The zero-order chi connectivity index (χ0) is 13.6. The lowest BCUT2D eigenvalue weighted by atomic mass is 10.2. The quantitative estimate of drug-likeness (QED) is 0.310. The van der Waals surface area contributed by atoms with E-state index in [0.29, 0.717) is 0 Å². The van der Waals surface area contributed by atoms with Gasteiger partial charge in [0.05, 0.1) is 0 Å². The Hall–Kier alpha value is -1.83. The van der Waals surface area contributed by atoms with Crippen molar-refractivity contribution in [2.75, 3.05) is 0 Å². The fourth-order valence-electron chi connectivity index (χ4n) is 0.737. The Bertz CT molecular complexity index is 378. The van der Waals surface area contributed by atoms with E-state index in [-0.39, 0.29) is 0 Å². The first-order valence-corrected chi connectivity index (χ1v) is 5.08. The summed E-state index contributed by atoms with van der Waals surface area (Å²) in [5.74, 6) is 2.16. The minimum absolute atomic E-state index is 0.620. The topological polar surface area (TPSA) is 69.7 Å². The molecule has 0 aliphatic heterocycles. The number of ketones is 1. The molecule has 0 aliphatic rings. The molecule has 0 amide bonds. The van der Waals surface area contributed by atoms with Crippen molar-refractivity contribution in [3.05, 3.63) is 0 Å². The second kappa shape index (κ2) is 6.04. The summed E-state index contributed by atoms with van der Waals surface area (Å²) >= 11 is 0. The van der Waals surface area contributed by atoms with E-state index >= 15 is 0 Å². The van der Waals surface area contributed by atoms with Gasteiger partial charge in [-0.05, 0) is 33.6 Å². The molecule has 0 aliphatic carbocycles. The Morgan fingerprint density at radius 2 is 1.71 bits per heavy atom. The molecule has 17 heavy (non-hydrogen) atoms. The van der Waals surface area contributed by atoms with Crippen molar-refractivity contribution in [1.29, 1.82) is 0 Å². The van der Waals surface area contributed by atoms with Crippen molar-refractivity contribution < 1.29 is 23.9 Å². The number of carbonyl (C=O) groups is 3. The zero-order valence-electron chi connectivity index (χ0n) is 10.6. The third-order valence-electron chi connectivity index (χ3n) is 1.35. The van der Waals surface area contributed by atoms with Crippen molar-refractivity contribution in [2.24, 2.45) is 0 Å². The lowest BCUT2D eigenvalue weighted by Crippen LogP contribution is -2.23. The summed E-state index contributed by atoms with van der Waals surface area (Å²) in [6, 6.07) is 0. The van der Waals surface area contributed by atoms with E-state index in [1.165, 1.54) is 6.92 Å². The summed E-state index contributed by atoms with van der Waals surface area (Å²) in [6.07, 6.45) is -0.834. The summed E-state index contributed by atoms with van der Waals surface area (Å²) in [4.78, 5) is 32.6. The van der Waals surface area contributed by atoms with E-state index in [4.69, 9.17) is 4.74 Å². The first kappa shape index (κ1) is 15.2. The van der Waals surface area contributed by atoms with E-state index < -0.39 is 29.4 Å². The van der Waals surface area contributed by atoms with Crippen LogP contribution in [0, 0.1) is 11.8 Å². The van der Waals surface area contributed by atoms with Gasteiger partial charge in [0.15, 0.2) is 6.10 Å². The number of rotatable bonds is 2. The molecule has 5 heteroatoms. The monoisotopic (exact) mass is 240 g/mol. The highest BCUT2D eigenvalue weighted by Gasteiger charge is 2.15. The average molecular weight is 240 g/mol. The highest BCUT2D eigenvalue weighted by molar-refractivity contribution is 6.32. The molecule has 0 spiro atoms. The zero-order valence-corrected chi connectivity index (χ0v) is 10.6. The SMILES string of the molecule is CC(=O)C(=O)OC(C)C#CC(=O)OC(C)(C)C. The molecular weight excluding hydrogens is 224 g/mol. The molecule has 0 aromatic rings. The highest BCUT2D eigenvalue weighted by atomic mass is 16.6. The Kier molecular flexibility index (Phi) is 5.39. The molecule has 0 N–H and O–H groups in total. The number of hydrogen-bond donors (Lipinski definition) is 0. The van der Waals surface area contributed by atoms with Crippen LogP contribution in [0.1, 0.15) is 34.6 Å². The van der Waals surface area contributed by atoms with Gasteiger partial charge in [0.1, 0.15) is 5.60 Å². The maximum Gasteiger partial charge on any atom is 0.384 e. The van der Waals surface area contributed by atoms with Crippen LogP contribution in [-0.4, -0.2) is 29.4 Å². The van der Waals surface area contributed by atoms with Crippen molar-refractivity contribution in [2.45, 2.75) is 46.3 Å². The van der Waals surface area contributed by atoms with Crippen LogP contribution in [0.4, 0.5) is 0 Å². The van der Waals surface area contributed by atoms with E-state index in [9.17, 15) is 14.4 Å². The molecule has 0 aromatic carbocycles. The number of hydrogen-bond acceptors (Lipinski definition) is 5. The van der Waals surface area contributed by atoms with Gasteiger partial charge >= 0.3 is 11.9 Å². The minimum Gasteiger partial charge on any atom is -0.450 e. The maximum absolute atomic E-state index is 11.2. The summed E-state index contributed by atoms with van der Waals surface area (Å²) in [5.41, 5.74) is -0.620. The summed E-state index contributed by atoms with van der Waals surface area (Å²) < 4.78 is 9.54. The fraction of sp³-hybridized carbons (Fsp3) is 0.583. The first-order valence-electron chi connectivity index (χ1n) is 5.08. The number of Topliss-reactive ketones (excluding diaryl/α,β-unsaturated/α-hetero) is 1. The number of carbonyl (C=O) groups excluding carboxylic acids is 3. The molecule has 1 atom stereocenters. The molecule has 0 aromatic heterocycles. The number of esters is 2. The molecule has 0 heterocycles. The lowest BCUT2D eigenvalue weighted by Gasteiger charge is -2.17. The van der Waals surface area contributed by atoms with Crippen LogP contribution < -0.4 is 0 Å². The summed E-state index contributed by atoms with van der Waals surface area (Å²) in [7, 11) is 0. The Morgan fingerprint density at radius 3 is 2.12 bits per heavy atom. The smallest absolute Gasteiger partial charge is 0.384 e. The van der Waals surface area contributed by atoms with Crippen molar-refractivity contribution in [3.63, 3.8) is 0 Å². The van der Waals surface area contributed by atoms with Crippen LogP contribution in [0.3, 0.4) is 0 Å². The van der Waals surface area contributed by atoms with Crippen LogP contribution in [0.5, 0.6) is 0 Å². The van der Waals surface area contributed by atoms with Gasteiger partial charge in [0.25, 0.3) is 0 Å². The Labute approximate surface area is 100 Å². The Morgan fingerprint density at radius 1 is 1.18 bits per heavy atom. The summed E-state index contributed by atoms with van der Waals surface area (Å²) in [6.45, 7) is 7.69. The fourth-order valence-corrected chi connectivity index (χ4v) is 0.737. The summed E-state index contributed by atoms with van der Waals surface area (Å²) in [5, 5.41) is 0. The largest absolute Gasteiger partial charge is 0.450 e.